The number of hydrazone groups is 1. The van der Waals surface area contributed by atoms with E-state index in [4.69, 9.17) is 0 Å². The number of aryl methyl sites for hydroxylation is 3. The van der Waals surface area contributed by atoms with Crippen molar-refractivity contribution in [3.05, 3.63) is 34.2 Å². The molecule has 0 saturated carbocycles. The van der Waals surface area contributed by atoms with E-state index in [0.717, 1.165) is 16.8 Å². The van der Waals surface area contributed by atoms with Crippen molar-refractivity contribution in [3.63, 3.8) is 0 Å². The normalized spacial score (nSPS) is 20.6. The van der Waals surface area contributed by atoms with Crippen molar-refractivity contribution in [2.24, 2.45) is 5.10 Å². The number of aromatic nitrogens is 1. The lowest BCUT2D eigenvalue weighted by molar-refractivity contribution is -0.133. The fourth-order valence-corrected chi connectivity index (χ4v) is 6.25. The summed E-state index contributed by atoms with van der Waals surface area (Å²) in [5, 5.41) is 10.5. The number of benzene rings is 1. The van der Waals surface area contributed by atoms with Gasteiger partial charge in [-0.25, -0.2) is 18.4 Å². The van der Waals surface area contributed by atoms with Crippen LogP contribution in [0.2, 0.25) is 0 Å². The fraction of sp³-hybridized carbons (Fsp3) is 0.429. The number of nitrogens with zero attached hydrogens (tertiary/aromatic N) is 3. The van der Waals surface area contributed by atoms with Crippen LogP contribution in [0.1, 0.15) is 36.0 Å². The first-order valence-corrected chi connectivity index (χ1v) is 12.8. The predicted molar refractivity (Wildman–Crippen MR) is 121 cm³/mol. The Kier molecular flexibility index (Phi) is 5.69. The molecule has 10 heteroatoms. The SMILES string of the molecule is Cc1cc(C)c(-c2csc(NC(=O)C3=NN(C4CCS(=O)(=O)C4)C(=O)CC3)n2)cc1C. The predicted octanol–water partition coefficient (Wildman–Crippen LogP) is 2.84. The Bertz CT molecular complexity index is 1200. The molecule has 1 saturated heterocycles. The van der Waals surface area contributed by atoms with Gasteiger partial charge in [-0.05, 0) is 49.9 Å². The molecule has 1 fully saturated rings. The van der Waals surface area contributed by atoms with E-state index in [-0.39, 0.29) is 36.0 Å². The Hall–Kier alpha value is -2.59. The Labute approximate surface area is 185 Å². The van der Waals surface area contributed by atoms with Crippen molar-refractivity contribution in [2.45, 2.75) is 46.1 Å². The zero-order valence-electron chi connectivity index (χ0n) is 17.6. The van der Waals surface area contributed by atoms with Gasteiger partial charge in [-0.2, -0.15) is 5.10 Å². The molecular weight excluding hydrogens is 436 g/mol. The summed E-state index contributed by atoms with van der Waals surface area (Å²) in [4.78, 5) is 29.5. The standard InChI is InChI=1S/C21H24N4O4S2/c1-12-8-14(3)16(9-13(12)2)18-10-30-21(22-18)23-20(27)17-4-5-19(26)25(24-17)15-6-7-31(28,29)11-15/h8-10,15H,4-7,11H2,1-3H3,(H,22,23,27). The first-order chi connectivity index (χ1) is 14.6. The molecule has 4 rings (SSSR count). The highest BCUT2D eigenvalue weighted by atomic mass is 32.2. The first-order valence-electron chi connectivity index (χ1n) is 10.1. The van der Waals surface area contributed by atoms with E-state index >= 15 is 0 Å². The van der Waals surface area contributed by atoms with Gasteiger partial charge < -0.3 is 0 Å². The van der Waals surface area contributed by atoms with Crippen LogP contribution in [0, 0.1) is 20.8 Å². The molecule has 0 radical (unpaired) electrons. The summed E-state index contributed by atoms with van der Waals surface area (Å²) in [6.07, 6.45) is 0.695. The summed E-state index contributed by atoms with van der Waals surface area (Å²) in [6, 6.07) is 3.71. The van der Waals surface area contributed by atoms with Crippen molar-refractivity contribution < 1.29 is 18.0 Å². The van der Waals surface area contributed by atoms with Gasteiger partial charge in [0.05, 0.1) is 23.2 Å². The van der Waals surface area contributed by atoms with Crippen molar-refractivity contribution in [3.8, 4) is 11.3 Å². The van der Waals surface area contributed by atoms with E-state index < -0.39 is 21.8 Å². The molecule has 2 aliphatic rings. The molecule has 1 aromatic carbocycles. The van der Waals surface area contributed by atoms with Crippen LogP contribution in [0.15, 0.2) is 22.6 Å². The minimum Gasteiger partial charge on any atom is -0.297 e. The second-order valence-corrected chi connectivity index (χ2v) is 11.2. The molecule has 31 heavy (non-hydrogen) atoms. The third-order valence-electron chi connectivity index (χ3n) is 5.72. The summed E-state index contributed by atoms with van der Waals surface area (Å²) in [7, 11) is -3.16. The number of anilines is 1. The van der Waals surface area contributed by atoms with Crippen molar-refractivity contribution in [1.82, 2.24) is 9.99 Å². The highest BCUT2D eigenvalue weighted by Crippen LogP contribution is 2.30. The minimum absolute atomic E-state index is 0.0400. The lowest BCUT2D eigenvalue weighted by Crippen LogP contribution is -2.42. The van der Waals surface area contributed by atoms with Crippen LogP contribution in [0.3, 0.4) is 0 Å². The molecule has 0 aliphatic carbocycles. The molecule has 0 bridgehead atoms. The van der Waals surface area contributed by atoms with Gasteiger partial charge in [0.1, 0.15) is 5.71 Å². The van der Waals surface area contributed by atoms with E-state index in [9.17, 15) is 18.0 Å². The fourth-order valence-electron chi connectivity index (χ4n) is 3.85. The second-order valence-electron chi connectivity index (χ2n) is 8.09. The maximum atomic E-state index is 12.7. The van der Waals surface area contributed by atoms with E-state index in [1.165, 1.54) is 27.5 Å². The molecule has 1 N–H and O–H groups in total. The maximum absolute atomic E-state index is 12.7. The molecule has 1 atom stereocenters. The van der Waals surface area contributed by atoms with Gasteiger partial charge in [0.15, 0.2) is 15.0 Å². The Balaban J connectivity index is 1.50. The maximum Gasteiger partial charge on any atom is 0.273 e. The van der Waals surface area contributed by atoms with Gasteiger partial charge in [0.25, 0.3) is 5.91 Å². The van der Waals surface area contributed by atoms with Gasteiger partial charge in [-0.1, -0.05) is 6.07 Å². The van der Waals surface area contributed by atoms with Crippen molar-refractivity contribution in [1.29, 1.82) is 0 Å². The quantitative estimate of drug-likeness (QED) is 0.755. The van der Waals surface area contributed by atoms with Crippen molar-refractivity contribution in [2.75, 3.05) is 16.8 Å². The topological polar surface area (TPSA) is 109 Å². The summed E-state index contributed by atoms with van der Waals surface area (Å²) in [6.45, 7) is 6.15. The second kappa shape index (κ2) is 8.16. The Morgan fingerprint density at radius 2 is 1.90 bits per heavy atom. The molecule has 1 aromatic heterocycles. The van der Waals surface area contributed by atoms with E-state index in [1.54, 1.807) is 0 Å². The monoisotopic (exact) mass is 460 g/mol. The highest BCUT2D eigenvalue weighted by molar-refractivity contribution is 7.91. The summed E-state index contributed by atoms with van der Waals surface area (Å²) >= 11 is 1.32. The zero-order chi connectivity index (χ0) is 22.3. The summed E-state index contributed by atoms with van der Waals surface area (Å²) in [5.41, 5.74) is 5.53. The van der Waals surface area contributed by atoms with E-state index in [1.807, 2.05) is 12.3 Å². The zero-order valence-corrected chi connectivity index (χ0v) is 19.3. The van der Waals surface area contributed by atoms with Crippen LogP contribution in [0.25, 0.3) is 11.3 Å². The average Bonchev–Trinajstić information content (AvgIpc) is 3.31. The third kappa shape index (κ3) is 4.54. The number of hydrogen-bond donors (Lipinski definition) is 1. The van der Waals surface area contributed by atoms with Crippen LogP contribution >= 0.6 is 11.3 Å². The molecular formula is C21H24N4O4S2. The summed E-state index contributed by atoms with van der Waals surface area (Å²) < 4.78 is 23.5. The Morgan fingerprint density at radius 1 is 1.16 bits per heavy atom. The van der Waals surface area contributed by atoms with Gasteiger partial charge in [0, 0.05) is 23.8 Å². The highest BCUT2D eigenvalue weighted by Gasteiger charge is 2.37. The van der Waals surface area contributed by atoms with E-state index in [2.05, 4.69) is 41.4 Å². The molecule has 1 unspecified atom stereocenters. The number of sulfone groups is 1. The lowest BCUT2D eigenvalue weighted by atomic mass is 9.99. The minimum atomic E-state index is -3.16. The molecule has 2 amide bonds. The van der Waals surface area contributed by atoms with E-state index in [0.29, 0.717) is 11.6 Å². The van der Waals surface area contributed by atoms with Crippen LogP contribution in [0.5, 0.6) is 0 Å². The van der Waals surface area contributed by atoms with Crippen LogP contribution in [0.4, 0.5) is 5.13 Å². The number of carbonyl (C=O) groups excluding carboxylic acids is 2. The molecule has 3 heterocycles. The molecule has 2 aliphatic heterocycles. The number of carbonyl (C=O) groups is 2. The number of hydrogen-bond acceptors (Lipinski definition) is 7. The molecule has 2 aromatic rings. The number of nitrogens with one attached hydrogen (secondary N) is 1. The molecule has 8 nitrogen and oxygen atoms in total. The van der Waals surface area contributed by atoms with Gasteiger partial charge in [-0.3, -0.25) is 14.9 Å². The number of thiazole rings is 1. The summed E-state index contributed by atoms with van der Waals surface area (Å²) in [5.74, 6) is -0.739. The number of rotatable bonds is 4. The molecule has 164 valence electrons. The van der Waals surface area contributed by atoms with Crippen LogP contribution in [-0.4, -0.2) is 53.5 Å². The van der Waals surface area contributed by atoms with Gasteiger partial charge >= 0.3 is 0 Å². The first kappa shape index (κ1) is 21.6. The van der Waals surface area contributed by atoms with Crippen LogP contribution in [-0.2, 0) is 19.4 Å². The smallest absolute Gasteiger partial charge is 0.273 e. The molecule has 0 spiro atoms. The van der Waals surface area contributed by atoms with Crippen LogP contribution < -0.4 is 5.32 Å². The Morgan fingerprint density at radius 3 is 2.61 bits per heavy atom. The van der Waals surface area contributed by atoms with Gasteiger partial charge in [0.2, 0.25) is 5.91 Å². The van der Waals surface area contributed by atoms with Gasteiger partial charge in [-0.15, -0.1) is 11.3 Å². The third-order valence-corrected chi connectivity index (χ3v) is 8.23. The van der Waals surface area contributed by atoms with Crippen molar-refractivity contribution >= 4 is 43.8 Å². The largest absolute Gasteiger partial charge is 0.297 e. The number of amides is 2. The lowest BCUT2D eigenvalue weighted by Gasteiger charge is -2.27. The average molecular weight is 461 g/mol.